The highest BCUT2D eigenvalue weighted by atomic mass is 16.2. The Kier molecular flexibility index (Phi) is 5.82. The van der Waals surface area contributed by atoms with E-state index in [-0.39, 0.29) is 5.91 Å². The minimum Gasteiger partial charge on any atom is -0.355 e. The minimum atomic E-state index is 0.150. The van der Waals surface area contributed by atoms with Crippen molar-refractivity contribution < 1.29 is 4.79 Å². The van der Waals surface area contributed by atoms with Crippen molar-refractivity contribution in [3.05, 3.63) is 36.3 Å². The van der Waals surface area contributed by atoms with Gasteiger partial charge in [0.15, 0.2) is 0 Å². The molecule has 2 aromatic heterocycles. The first-order valence-electron chi connectivity index (χ1n) is 8.88. The summed E-state index contributed by atoms with van der Waals surface area (Å²) in [7, 11) is 0. The van der Waals surface area contributed by atoms with Gasteiger partial charge in [0.2, 0.25) is 5.91 Å². The number of pyridine rings is 1. The quantitative estimate of drug-likeness (QED) is 0.780. The van der Waals surface area contributed by atoms with Crippen LogP contribution in [0.5, 0.6) is 0 Å². The van der Waals surface area contributed by atoms with Gasteiger partial charge >= 0.3 is 0 Å². The average Bonchev–Trinajstić information content (AvgIpc) is 2.99. The Morgan fingerprint density at radius 2 is 2.00 bits per heavy atom. The third kappa shape index (κ3) is 4.55. The lowest BCUT2D eigenvalue weighted by atomic mass is 10.3. The maximum atomic E-state index is 11.9. The van der Waals surface area contributed by atoms with E-state index in [2.05, 4.69) is 37.6 Å². The van der Waals surface area contributed by atoms with Crippen LogP contribution in [-0.2, 0) is 11.3 Å². The van der Waals surface area contributed by atoms with Crippen molar-refractivity contribution in [2.75, 3.05) is 39.3 Å². The van der Waals surface area contributed by atoms with Crippen LogP contribution >= 0.6 is 0 Å². The van der Waals surface area contributed by atoms with Crippen molar-refractivity contribution in [1.82, 2.24) is 24.5 Å². The Morgan fingerprint density at radius 3 is 2.75 bits per heavy atom. The molecule has 0 atom stereocenters. The summed E-state index contributed by atoms with van der Waals surface area (Å²) in [6.45, 7) is 8.16. The van der Waals surface area contributed by atoms with Crippen LogP contribution in [0.4, 0.5) is 0 Å². The second kappa shape index (κ2) is 8.26. The molecule has 1 N–H and O–H groups in total. The molecule has 0 radical (unpaired) electrons. The van der Waals surface area contributed by atoms with E-state index < -0.39 is 0 Å². The molecule has 0 bridgehead atoms. The molecule has 1 fully saturated rings. The Balaban J connectivity index is 1.42. The summed E-state index contributed by atoms with van der Waals surface area (Å²) < 4.78 is 2.06. The van der Waals surface area contributed by atoms with Gasteiger partial charge in [-0.25, -0.2) is 4.98 Å². The molecule has 3 heterocycles. The first-order chi connectivity index (χ1) is 11.7. The van der Waals surface area contributed by atoms with Gasteiger partial charge in [0.05, 0.1) is 12.2 Å². The molecular weight excluding hydrogens is 302 g/mol. The molecule has 0 aliphatic carbocycles. The SMILES string of the molecule is CCCCNC(=O)CN1CCN(Cc2cn3ccccc3n2)CC1. The smallest absolute Gasteiger partial charge is 0.234 e. The van der Waals surface area contributed by atoms with Gasteiger partial charge in [0.1, 0.15) is 5.65 Å². The molecule has 1 aliphatic heterocycles. The van der Waals surface area contributed by atoms with Crippen molar-refractivity contribution in [1.29, 1.82) is 0 Å². The molecule has 0 spiro atoms. The van der Waals surface area contributed by atoms with Crippen molar-refractivity contribution >= 4 is 11.6 Å². The standard InChI is InChI=1S/C18H27N5O/c1-2-3-7-19-18(24)15-22-11-9-21(10-12-22)13-16-14-23-8-5-4-6-17(23)20-16/h4-6,8,14H,2-3,7,9-13,15H2,1H3,(H,19,24). The highest BCUT2D eigenvalue weighted by Crippen LogP contribution is 2.10. The number of nitrogens with one attached hydrogen (secondary N) is 1. The van der Waals surface area contributed by atoms with Crippen molar-refractivity contribution in [3.8, 4) is 0 Å². The van der Waals surface area contributed by atoms with Crippen molar-refractivity contribution in [2.45, 2.75) is 26.3 Å². The number of aromatic nitrogens is 2. The molecule has 6 nitrogen and oxygen atoms in total. The summed E-state index contributed by atoms with van der Waals surface area (Å²) in [5.74, 6) is 0.150. The van der Waals surface area contributed by atoms with Gasteiger partial charge in [-0.1, -0.05) is 19.4 Å². The fraction of sp³-hybridized carbons (Fsp3) is 0.556. The molecule has 0 saturated carbocycles. The molecule has 1 aliphatic rings. The van der Waals surface area contributed by atoms with E-state index in [9.17, 15) is 4.79 Å². The highest BCUT2D eigenvalue weighted by molar-refractivity contribution is 5.77. The van der Waals surface area contributed by atoms with Crippen molar-refractivity contribution in [2.24, 2.45) is 0 Å². The van der Waals surface area contributed by atoms with Crippen LogP contribution in [-0.4, -0.2) is 64.4 Å². The summed E-state index contributed by atoms with van der Waals surface area (Å²) in [6, 6.07) is 6.05. The maximum Gasteiger partial charge on any atom is 0.234 e. The summed E-state index contributed by atoms with van der Waals surface area (Å²) in [5, 5.41) is 2.99. The number of hydrogen-bond donors (Lipinski definition) is 1. The van der Waals surface area contributed by atoms with Crippen LogP contribution in [0.25, 0.3) is 5.65 Å². The van der Waals surface area contributed by atoms with E-state index in [0.29, 0.717) is 6.54 Å². The van der Waals surface area contributed by atoms with Gasteiger partial charge < -0.3 is 9.72 Å². The first kappa shape index (κ1) is 16.9. The van der Waals surface area contributed by atoms with E-state index in [1.165, 1.54) is 0 Å². The number of nitrogens with zero attached hydrogens (tertiary/aromatic N) is 4. The molecule has 130 valence electrons. The minimum absolute atomic E-state index is 0.150. The topological polar surface area (TPSA) is 52.9 Å². The van der Waals surface area contributed by atoms with E-state index in [0.717, 1.165) is 63.5 Å². The van der Waals surface area contributed by atoms with Crippen LogP contribution in [0.2, 0.25) is 0 Å². The average molecular weight is 329 g/mol. The summed E-state index contributed by atoms with van der Waals surface area (Å²) in [5.41, 5.74) is 2.10. The normalized spacial score (nSPS) is 16.5. The zero-order valence-electron chi connectivity index (χ0n) is 14.4. The Labute approximate surface area is 143 Å². The van der Waals surface area contributed by atoms with Gasteiger partial charge in [-0.15, -0.1) is 0 Å². The number of rotatable bonds is 7. The van der Waals surface area contributed by atoms with Crippen LogP contribution in [0.3, 0.4) is 0 Å². The molecule has 24 heavy (non-hydrogen) atoms. The Bertz CT molecular complexity index is 627. The Morgan fingerprint density at radius 1 is 1.21 bits per heavy atom. The molecule has 6 heteroatoms. The molecular formula is C18H27N5O. The fourth-order valence-corrected chi connectivity index (χ4v) is 3.06. The molecule has 1 amide bonds. The number of imidazole rings is 1. The summed E-state index contributed by atoms with van der Waals surface area (Å²) in [4.78, 5) is 21.2. The molecule has 1 saturated heterocycles. The molecule has 2 aromatic rings. The Hall–Kier alpha value is -1.92. The van der Waals surface area contributed by atoms with Crippen LogP contribution in [0.15, 0.2) is 30.6 Å². The first-order valence-corrected chi connectivity index (χ1v) is 8.88. The fourth-order valence-electron chi connectivity index (χ4n) is 3.06. The predicted octanol–water partition coefficient (Wildman–Crippen LogP) is 1.37. The highest BCUT2D eigenvalue weighted by Gasteiger charge is 2.19. The number of amides is 1. The zero-order valence-corrected chi connectivity index (χ0v) is 14.4. The van der Waals surface area contributed by atoms with Crippen molar-refractivity contribution in [3.63, 3.8) is 0 Å². The van der Waals surface area contributed by atoms with E-state index in [4.69, 9.17) is 0 Å². The maximum absolute atomic E-state index is 11.9. The van der Waals surface area contributed by atoms with Gasteiger partial charge in [-0.05, 0) is 18.6 Å². The predicted molar refractivity (Wildman–Crippen MR) is 94.8 cm³/mol. The molecule has 0 unspecified atom stereocenters. The zero-order chi connectivity index (χ0) is 16.8. The lowest BCUT2D eigenvalue weighted by molar-refractivity contribution is -0.122. The number of carbonyl (C=O) groups is 1. The van der Waals surface area contributed by atoms with E-state index in [1.807, 2.05) is 24.4 Å². The second-order valence-electron chi connectivity index (χ2n) is 6.45. The van der Waals surface area contributed by atoms with Gasteiger partial charge in [0, 0.05) is 51.7 Å². The van der Waals surface area contributed by atoms with Gasteiger partial charge in [-0.2, -0.15) is 0 Å². The molecule has 3 rings (SSSR count). The number of hydrogen-bond acceptors (Lipinski definition) is 4. The van der Waals surface area contributed by atoms with Crippen LogP contribution in [0, 0.1) is 0 Å². The third-order valence-electron chi connectivity index (χ3n) is 4.48. The van der Waals surface area contributed by atoms with Gasteiger partial charge in [-0.3, -0.25) is 14.6 Å². The van der Waals surface area contributed by atoms with Crippen LogP contribution in [0.1, 0.15) is 25.5 Å². The number of carbonyl (C=O) groups excluding carboxylic acids is 1. The molecule has 0 aromatic carbocycles. The summed E-state index contributed by atoms with van der Waals surface area (Å²) >= 11 is 0. The number of fused-ring (bicyclic) bond motifs is 1. The summed E-state index contributed by atoms with van der Waals surface area (Å²) in [6.07, 6.45) is 6.30. The second-order valence-corrected chi connectivity index (χ2v) is 6.45. The van der Waals surface area contributed by atoms with Crippen LogP contribution < -0.4 is 5.32 Å². The largest absolute Gasteiger partial charge is 0.355 e. The lowest BCUT2D eigenvalue weighted by Gasteiger charge is -2.33. The van der Waals surface area contributed by atoms with E-state index >= 15 is 0 Å². The van der Waals surface area contributed by atoms with Gasteiger partial charge in [0.25, 0.3) is 0 Å². The number of piperazine rings is 1. The third-order valence-corrected chi connectivity index (χ3v) is 4.48. The number of unbranched alkanes of at least 4 members (excludes halogenated alkanes) is 1. The monoisotopic (exact) mass is 329 g/mol. The van der Waals surface area contributed by atoms with E-state index in [1.54, 1.807) is 0 Å². The lowest BCUT2D eigenvalue weighted by Crippen LogP contribution is -2.49.